The molecule has 2 aromatic carbocycles. The van der Waals surface area contributed by atoms with Crippen LogP contribution in [0.5, 0.6) is 11.5 Å². The van der Waals surface area contributed by atoms with Gasteiger partial charge in [-0.1, -0.05) is 12.1 Å². The van der Waals surface area contributed by atoms with Gasteiger partial charge in [0.05, 0.1) is 18.9 Å². The summed E-state index contributed by atoms with van der Waals surface area (Å²) < 4.78 is 11.7. The first kappa shape index (κ1) is 20.2. The molecule has 6 nitrogen and oxygen atoms in total. The smallest absolute Gasteiger partial charge is 0.165 e. The van der Waals surface area contributed by atoms with Crippen molar-refractivity contribution in [3.05, 3.63) is 65.5 Å². The maximum Gasteiger partial charge on any atom is 0.165 e. The maximum atomic E-state index is 5.92. The number of hydrogen-bond donors (Lipinski definition) is 1. The molecule has 2 N–H and O–H groups in total. The van der Waals surface area contributed by atoms with Crippen LogP contribution in [0.3, 0.4) is 0 Å². The summed E-state index contributed by atoms with van der Waals surface area (Å²) in [5.74, 6) is 2.42. The third-order valence-corrected chi connectivity index (χ3v) is 5.22. The first-order valence-electron chi connectivity index (χ1n) is 10.5. The zero-order valence-electron chi connectivity index (χ0n) is 17.6. The molecule has 0 atom stereocenters. The zero-order valence-corrected chi connectivity index (χ0v) is 17.6. The summed E-state index contributed by atoms with van der Waals surface area (Å²) in [6.07, 6.45) is 2.86. The van der Waals surface area contributed by atoms with Gasteiger partial charge < -0.3 is 15.2 Å². The Hall–Kier alpha value is -3.12. The molecule has 0 fully saturated rings. The van der Waals surface area contributed by atoms with Crippen molar-refractivity contribution in [3.63, 3.8) is 0 Å². The molecule has 0 radical (unpaired) electrons. The highest BCUT2D eigenvalue weighted by molar-refractivity contribution is 5.58. The number of rotatable bonds is 7. The molecule has 1 aliphatic heterocycles. The van der Waals surface area contributed by atoms with Gasteiger partial charge in [0.25, 0.3) is 0 Å². The molecule has 1 aromatic heterocycles. The molecule has 6 heteroatoms. The summed E-state index contributed by atoms with van der Waals surface area (Å²) in [6, 6.07) is 13.8. The fourth-order valence-corrected chi connectivity index (χ4v) is 3.78. The standard InChI is InChI=1S/C24H28N4O2/c1-3-29-22-7-5-6-18(23(22)30-4-2)15-28-13-12-21-19(16-28)14-26-24(27-21)17-8-10-20(25)11-9-17/h5-11,14H,3-4,12-13,15-16,25H2,1-2H3. The Bertz CT molecular complexity index is 1000. The summed E-state index contributed by atoms with van der Waals surface area (Å²) in [4.78, 5) is 11.8. The number of nitrogens with zero attached hydrogens (tertiary/aromatic N) is 3. The molecule has 0 saturated heterocycles. The summed E-state index contributed by atoms with van der Waals surface area (Å²) in [5.41, 5.74) is 11.0. The SMILES string of the molecule is CCOc1cccc(CN2CCc3nc(-c4ccc(N)cc4)ncc3C2)c1OCC. The van der Waals surface area contributed by atoms with Crippen LogP contribution in [-0.4, -0.2) is 34.6 Å². The third kappa shape index (κ3) is 4.39. The maximum absolute atomic E-state index is 5.92. The molecule has 0 aliphatic carbocycles. The van der Waals surface area contributed by atoms with Crippen molar-refractivity contribution < 1.29 is 9.47 Å². The minimum atomic E-state index is 0.613. The highest BCUT2D eigenvalue weighted by Gasteiger charge is 2.21. The summed E-state index contributed by atoms with van der Waals surface area (Å²) in [7, 11) is 0. The van der Waals surface area contributed by atoms with Crippen LogP contribution in [0, 0.1) is 0 Å². The van der Waals surface area contributed by atoms with Crippen LogP contribution < -0.4 is 15.2 Å². The van der Waals surface area contributed by atoms with Crippen LogP contribution in [0.1, 0.15) is 30.7 Å². The van der Waals surface area contributed by atoms with Gasteiger partial charge in [-0.2, -0.15) is 0 Å². The molecule has 2 heterocycles. The summed E-state index contributed by atoms with van der Waals surface area (Å²) >= 11 is 0. The second-order valence-electron chi connectivity index (χ2n) is 7.36. The number of benzene rings is 2. The lowest BCUT2D eigenvalue weighted by atomic mass is 10.1. The molecule has 0 amide bonds. The monoisotopic (exact) mass is 404 g/mol. The Morgan fingerprint density at radius 3 is 2.60 bits per heavy atom. The molecular formula is C24H28N4O2. The van der Waals surface area contributed by atoms with E-state index in [1.807, 2.05) is 56.4 Å². The van der Waals surface area contributed by atoms with Gasteiger partial charge in [0.15, 0.2) is 17.3 Å². The quantitative estimate of drug-likeness (QED) is 0.598. The molecule has 4 rings (SSSR count). The molecule has 0 saturated carbocycles. The number of aromatic nitrogens is 2. The largest absolute Gasteiger partial charge is 0.490 e. The van der Waals surface area contributed by atoms with Gasteiger partial charge in [-0.3, -0.25) is 4.90 Å². The summed E-state index contributed by atoms with van der Waals surface area (Å²) in [5, 5.41) is 0. The van der Waals surface area contributed by atoms with E-state index in [0.717, 1.165) is 65.9 Å². The number of fused-ring (bicyclic) bond motifs is 1. The topological polar surface area (TPSA) is 73.5 Å². The van der Waals surface area contributed by atoms with Crippen LogP contribution in [-0.2, 0) is 19.5 Å². The van der Waals surface area contributed by atoms with Gasteiger partial charge in [-0.25, -0.2) is 9.97 Å². The van der Waals surface area contributed by atoms with Gasteiger partial charge in [0.2, 0.25) is 0 Å². The van der Waals surface area contributed by atoms with E-state index in [1.54, 1.807) is 0 Å². The van der Waals surface area contributed by atoms with Gasteiger partial charge in [-0.15, -0.1) is 0 Å². The molecule has 156 valence electrons. The predicted molar refractivity (Wildman–Crippen MR) is 118 cm³/mol. The van der Waals surface area contributed by atoms with Crippen LogP contribution in [0.2, 0.25) is 0 Å². The zero-order chi connectivity index (χ0) is 20.9. The summed E-state index contributed by atoms with van der Waals surface area (Å²) in [6.45, 7) is 7.78. The van der Waals surface area contributed by atoms with E-state index in [9.17, 15) is 0 Å². The fraction of sp³-hybridized carbons (Fsp3) is 0.333. The number of anilines is 1. The molecule has 3 aromatic rings. The number of ether oxygens (including phenoxy) is 2. The van der Waals surface area contributed by atoms with E-state index in [4.69, 9.17) is 20.2 Å². The van der Waals surface area contributed by atoms with Gasteiger partial charge >= 0.3 is 0 Å². The van der Waals surface area contributed by atoms with Gasteiger partial charge in [-0.05, 0) is 44.2 Å². The van der Waals surface area contributed by atoms with Crippen molar-refractivity contribution in [2.75, 3.05) is 25.5 Å². The number of nitrogen functional groups attached to an aromatic ring is 1. The first-order valence-corrected chi connectivity index (χ1v) is 10.5. The van der Waals surface area contributed by atoms with E-state index < -0.39 is 0 Å². The van der Waals surface area contributed by atoms with Crippen LogP contribution >= 0.6 is 0 Å². The minimum absolute atomic E-state index is 0.613. The van der Waals surface area contributed by atoms with Crippen molar-refractivity contribution >= 4 is 5.69 Å². The fourth-order valence-electron chi connectivity index (χ4n) is 3.78. The van der Waals surface area contributed by atoms with Crippen molar-refractivity contribution in [1.29, 1.82) is 0 Å². The number of nitrogens with two attached hydrogens (primary N) is 1. The third-order valence-electron chi connectivity index (χ3n) is 5.22. The second kappa shape index (κ2) is 9.13. The lowest BCUT2D eigenvalue weighted by Gasteiger charge is -2.29. The van der Waals surface area contributed by atoms with Crippen LogP contribution in [0.25, 0.3) is 11.4 Å². The van der Waals surface area contributed by atoms with E-state index in [-0.39, 0.29) is 0 Å². The molecule has 0 bridgehead atoms. The van der Waals surface area contributed by atoms with Crippen molar-refractivity contribution in [2.45, 2.75) is 33.4 Å². The Morgan fingerprint density at radius 1 is 1.03 bits per heavy atom. The molecule has 30 heavy (non-hydrogen) atoms. The highest BCUT2D eigenvalue weighted by Crippen LogP contribution is 2.33. The second-order valence-corrected chi connectivity index (χ2v) is 7.36. The predicted octanol–water partition coefficient (Wildman–Crippen LogP) is 4.08. The van der Waals surface area contributed by atoms with E-state index in [0.29, 0.717) is 13.2 Å². The number of para-hydroxylation sites is 1. The average Bonchev–Trinajstić information content (AvgIpc) is 2.76. The lowest BCUT2D eigenvalue weighted by molar-refractivity contribution is 0.233. The van der Waals surface area contributed by atoms with Gasteiger partial charge in [0.1, 0.15) is 0 Å². The van der Waals surface area contributed by atoms with Crippen molar-refractivity contribution in [1.82, 2.24) is 14.9 Å². The van der Waals surface area contributed by atoms with Crippen LogP contribution in [0.4, 0.5) is 5.69 Å². The molecule has 0 spiro atoms. The lowest BCUT2D eigenvalue weighted by Crippen LogP contribution is -2.31. The van der Waals surface area contributed by atoms with Gasteiger partial charge in [0, 0.05) is 54.6 Å². The van der Waals surface area contributed by atoms with E-state index >= 15 is 0 Å². The Balaban J connectivity index is 1.51. The normalized spacial score (nSPS) is 13.7. The van der Waals surface area contributed by atoms with Crippen LogP contribution in [0.15, 0.2) is 48.7 Å². The average molecular weight is 405 g/mol. The minimum Gasteiger partial charge on any atom is -0.490 e. The molecular weight excluding hydrogens is 376 g/mol. The van der Waals surface area contributed by atoms with Crippen molar-refractivity contribution in [2.24, 2.45) is 0 Å². The first-order chi connectivity index (χ1) is 14.7. The van der Waals surface area contributed by atoms with E-state index in [1.165, 1.54) is 5.56 Å². The Morgan fingerprint density at radius 2 is 1.83 bits per heavy atom. The van der Waals surface area contributed by atoms with E-state index in [2.05, 4.69) is 16.0 Å². The number of hydrogen-bond acceptors (Lipinski definition) is 6. The molecule has 0 unspecified atom stereocenters. The Labute approximate surface area is 177 Å². The molecule has 1 aliphatic rings. The Kier molecular flexibility index (Phi) is 6.14. The highest BCUT2D eigenvalue weighted by atomic mass is 16.5. The van der Waals surface area contributed by atoms with Crippen molar-refractivity contribution in [3.8, 4) is 22.9 Å².